The molecule has 0 heterocycles. The first kappa shape index (κ1) is 24.6. The van der Waals surface area contributed by atoms with Crippen LogP contribution in [-0.4, -0.2) is 48.7 Å². The largest absolute Gasteiger partial charge is 0.481 e. The quantitative estimate of drug-likeness (QED) is 0.490. The Hall–Kier alpha value is -3.49. The lowest BCUT2D eigenvalue weighted by molar-refractivity contribution is -0.148. The van der Waals surface area contributed by atoms with Crippen molar-refractivity contribution in [2.45, 2.75) is 50.5 Å². The highest BCUT2D eigenvalue weighted by Crippen LogP contribution is 2.44. The van der Waals surface area contributed by atoms with Crippen molar-refractivity contribution in [1.29, 1.82) is 0 Å². The van der Waals surface area contributed by atoms with E-state index in [1.165, 1.54) is 0 Å². The SMILES string of the molecule is O=C(NC(CC(F)F)C(=O)NCC1(C(=O)O)CCCC1)OCC1c2ccccc2-c2ccccc21. The Labute approximate surface area is 201 Å². The molecule has 1 saturated carbocycles. The minimum absolute atomic E-state index is 0.0228. The van der Waals surface area contributed by atoms with E-state index in [-0.39, 0.29) is 19.1 Å². The molecular formula is C26H28F2N2O5. The highest BCUT2D eigenvalue weighted by Gasteiger charge is 2.42. The molecule has 9 heteroatoms. The van der Waals surface area contributed by atoms with E-state index in [4.69, 9.17) is 4.74 Å². The molecule has 2 aromatic carbocycles. The number of halogens is 2. The molecule has 1 fully saturated rings. The maximum Gasteiger partial charge on any atom is 0.407 e. The van der Waals surface area contributed by atoms with Crippen LogP contribution in [0.2, 0.25) is 0 Å². The lowest BCUT2D eigenvalue weighted by Crippen LogP contribution is -2.51. The number of aliphatic carboxylic acids is 1. The Bertz CT molecular complexity index is 1060. The van der Waals surface area contributed by atoms with E-state index in [0.717, 1.165) is 35.1 Å². The van der Waals surface area contributed by atoms with Gasteiger partial charge in [0.1, 0.15) is 12.6 Å². The predicted molar refractivity (Wildman–Crippen MR) is 124 cm³/mol. The number of carboxylic acid groups (broad SMARTS) is 1. The van der Waals surface area contributed by atoms with Crippen molar-refractivity contribution in [1.82, 2.24) is 10.6 Å². The maximum absolute atomic E-state index is 13.1. The Morgan fingerprint density at radius 3 is 2.11 bits per heavy atom. The van der Waals surface area contributed by atoms with E-state index in [0.29, 0.717) is 12.8 Å². The molecule has 186 valence electrons. The number of hydrogen-bond acceptors (Lipinski definition) is 4. The number of carboxylic acids is 1. The van der Waals surface area contributed by atoms with Crippen LogP contribution >= 0.6 is 0 Å². The van der Waals surface area contributed by atoms with E-state index >= 15 is 0 Å². The van der Waals surface area contributed by atoms with Crippen molar-refractivity contribution < 1.29 is 33.0 Å². The average Bonchev–Trinajstić information content (AvgIpc) is 3.44. The van der Waals surface area contributed by atoms with Crippen molar-refractivity contribution in [2.75, 3.05) is 13.2 Å². The van der Waals surface area contributed by atoms with Crippen LogP contribution in [0.4, 0.5) is 13.6 Å². The normalized spacial score (nSPS) is 16.9. The molecule has 2 aliphatic carbocycles. The van der Waals surface area contributed by atoms with Crippen LogP contribution in [0, 0.1) is 5.41 Å². The monoisotopic (exact) mass is 486 g/mol. The predicted octanol–water partition coefficient (Wildman–Crippen LogP) is 4.31. The van der Waals surface area contributed by atoms with E-state index in [1.54, 1.807) is 0 Å². The summed E-state index contributed by atoms with van der Waals surface area (Å²) in [4.78, 5) is 36.8. The fraction of sp³-hybridized carbons (Fsp3) is 0.423. The van der Waals surface area contributed by atoms with Crippen LogP contribution in [0.5, 0.6) is 0 Å². The summed E-state index contributed by atoms with van der Waals surface area (Å²) in [6.07, 6.45) is -2.48. The molecule has 7 nitrogen and oxygen atoms in total. The molecule has 0 spiro atoms. The zero-order valence-corrected chi connectivity index (χ0v) is 19.1. The number of nitrogens with one attached hydrogen (secondary N) is 2. The van der Waals surface area contributed by atoms with Gasteiger partial charge in [0.2, 0.25) is 12.3 Å². The minimum Gasteiger partial charge on any atom is -0.481 e. The van der Waals surface area contributed by atoms with Crippen molar-refractivity contribution in [3.63, 3.8) is 0 Å². The summed E-state index contributed by atoms with van der Waals surface area (Å²) >= 11 is 0. The second-order valence-corrected chi connectivity index (χ2v) is 9.16. The summed E-state index contributed by atoms with van der Waals surface area (Å²) in [5.74, 6) is -2.09. The summed E-state index contributed by atoms with van der Waals surface area (Å²) in [6, 6.07) is 14.0. The third kappa shape index (κ3) is 5.28. The van der Waals surface area contributed by atoms with Gasteiger partial charge >= 0.3 is 12.1 Å². The molecule has 0 aromatic heterocycles. The first-order chi connectivity index (χ1) is 16.8. The number of hydrogen-bond donors (Lipinski definition) is 3. The first-order valence-corrected chi connectivity index (χ1v) is 11.7. The first-order valence-electron chi connectivity index (χ1n) is 11.7. The molecular weight excluding hydrogens is 458 g/mol. The summed E-state index contributed by atoms with van der Waals surface area (Å²) in [5, 5.41) is 14.3. The Morgan fingerprint density at radius 1 is 1.00 bits per heavy atom. The van der Waals surface area contributed by atoms with Gasteiger partial charge in [-0.2, -0.15) is 0 Å². The minimum atomic E-state index is -2.85. The van der Waals surface area contributed by atoms with Crippen molar-refractivity contribution in [2.24, 2.45) is 5.41 Å². The number of alkyl carbamates (subject to hydrolysis) is 1. The molecule has 0 saturated heterocycles. The number of ether oxygens (including phenoxy) is 1. The number of carbonyl (C=O) groups is 3. The second-order valence-electron chi connectivity index (χ2n) is 9.16. The van der Waals surface area contributed by atoms with Crippen LogP contribution in [0.25, 0.3) is 11.1 Å². The third-order valence-corrected chi connectivity index (χ3v) is 6.98. The lowest BCUT2D eigenvalue weighted by atomic mass is 9.86. The van der Waals surface area contributed by atoms with Gasteiger partial charge in [0, 0.05) is 18.9 Å². The van der Waals surface area contributed by atoms with Gasteiger partial charge < -0.3 is 20.5 Å². The van der Waals surface area contributed by atoms with Crippen LogP contribution in [0.15, 0.2) is 48.5 Å². The number of carbonyl (C=O) groups excluding carboxylic acids is 2. The van der Waals surface area contributed by atoms with Crippen LogP contribution in [-0.2, 0) is 14.3 Å². The van der Waals surface area contributed by atoms with Gasteiger partial charge in [-0.05, 0) is 35.1 Å². The Balaban J connectivity index is 1.38. The number of benzene rings is 2. The summed E-state index contributed by atoms with van der Waals surface area (Å²) in [6.45, 7) is -0.196. The molecule has 1 unspecified atom stereocenters. The van der Waals surface area contributed by atoms with Gasteiger partial charge in [0.05, 0.1) is 5.41 Å². The van der Waals surface area contributed by atoms with Crippen molar-refractivity contribution in [3.8, 4) is 11.1 Å². The van der Waals surface area contributed by atoms with E-state index < -0.39 is 42.3 Å². The third-order valence-electron chi connectivity index (χ3n) is 6.98. The summed E-state index contributed by atoms with van der Waals surface area (Å²) < 4.78 is 31.6. The fourth-order valence-electron chi connectivity index (χ4n) is 5.09. The summed E-state index contributed by atoms with van der Waals surface area (Å²) in [7, 11) is 0. The van der Waals surface area contributed by atoms with Crippen LogP contribution in [0.3, 0.4) is 0 Å². The molecule has 35 heavy (non-hydrogen) atoms. The van der Waals surface area contributed by atoms with E-state index in [9.17, 15) is 28.3 Å². The molecule has 2 aliphatic rings. The molecule has 2 aromatic rings. The zero-order chi connectivity index (χ0) is 25.0. The Kier molecular flexibility index (Phi) is 7.33. The van der Waals surface area contributed by atoms with Gasteiger partial charge in [0.15, 0.2) is 0 Å². The Morgan fingerprint density at radius 2 is 1.57 bits per heavy atom. The highest BCUT2D eigenvalue weighted by molar-refractivity contribution is 5.86. The number of amides is 2. The van der Waals surface area contributed by atoms with Crippen LogP contribution < -0.4 is 10.6 Å². The molecule has 0 aliphatic heterocycles. The topological polar surface area (TPSA) is 105 Å². The molecule has 2 amide bonds. The van der Waals surface area contributed by atoms with Gasteiger partial charge in [0.25, 0.3) is 0 Å². The fourth-order valence-corrected chi connectivity index (χ4v) is 5.09. The molecule has 4 rings (SSSR count). The number of fused-ring (bicyclic) bond motifs is 3. The lowest BCUT2D eigenvalue weighted by Gasteiger charge is -2.26. The maximum atomic E-state index is 13.1. The highest BCUT2D eigenvalue weighted by atomic mass is 19.3. The standard InChI is InChI=1S/C26H28F2N2O5/c27-22(28)13-21(23(31)29-15-26(24(32)33)11-5-6-12-26)30-25(34)35-14-20-18-9-3-1-7-16(18)17-8-2-4-10-19(17)20/h1-4,7-10,20-22H,5-6,11-15H2,(H,29,31)(H,30,34)(H,32,33). The van der Waals surface area contributed by atoms with Crippen LogP contribution in [0.1, 0.15) is 49.1 Å². The zero-order valence-electron chi connectivity index (χ0n) is 19.1. The van der Waals surface area contributed by atoms with Gasteiger partial charge in [-0.15, -0.1) is 0 Å². The molecule has 0 bridgehead atoms. The second kappa shape index (κ2) is 10.4. The summed E-state index contributed by atoms with van der Waals surface area (Å²) in [5.41, 5.74) is 2.99. The molecule has 3 N–H and O–H groups in total. The number of alkyl halides is 2. The van der Waals surface area contributed by atoms with Gasteiger partial charge in [-0.1, -0.05) is 61.4 Å². The van der Waals surface area contributed by atoms with Gasteiger partial charge in [-0.25, -0.2) is 13.6 Å². The van der Waals surface area contributed by atoms with Crippen molar-refractivity contribution >= 4 is 18.0 Å². The average molecular weight is 487 g/mol. The number of rotatable bonds is 9. The van der Waals surface area contributed by atoms with E-state index in [1.807, 2.05) is 48.5 Å². The van der Waals surface area contributed by atoms with E-state index in [2.05, 4.69) is 10.6 Å². The molecule has 1 atom stereocenters. The smallest absolute Gasteiger partial charge is 0.407 e. The molecule has 0 radical (unpaired) electrons. The van der Waals surface area contributed by atoms with Gasteiger partial charge in [-0.3, -0.25) is 9.59 Å². The van der Waals surface area contributed by atoms with Crippen molar-refractivity contribution in [3.05, 3.63) is 59.7 Å².